The molecule has 0 fully saturated rings. The molecule has 0 saturated heterocycles. The van der Waals surface area contributed by atoms with Gasteiger partial charge >= 0.3 is 0 Å². The van der Waals surface area contributed by atoms with Gasteiger partial charge in [-0.1, -0.05) is 0 Å². The summed E-state index contributed by atoms with van der Waals surface area (Å²) in [5.74, 6) is 1.26. The Bertz CT molecular complexity index is 846. The normalized spacial score (nSPS) is 13.4. The number of ether oxygens (including phenoxy) is 1. The Labute approximate surface area is 123 Å². The fourth-order valence-electron chi connectivity index (χ4n) is 2.19. The monoisotopic (exact) mass is 298 g/mol. The smallest absolute Gasteiger partial charge is 0.262 e. The van der Waals surface area contributed by atoms with Crippen molar-refractivity contribution in [1.29, 1.82) is 0 Å². The number of carbonyl (C=O) groups is 1. The minimum atomic E-state index is -0.151. The number of rotatable bonds is 2. The van der Waals surface area contributed by atoms with Crippen molar-refractivity contribution < 1.29 is 9.53 Å². The molecular formula is C14H10N4O2S. The first-order valence-electron chi connectivity index (χ1n) is 6.31. The van der Waals surface area contributed by atoms with Gasteiger partial charge in [0.25, 0.3) is 5.91 Å². The van der Waals surface area contributed by atoms with Crippen LogP contribution in [0.3, 0.4) is 0 Å². The molecule has 1 aromatic carbocycles. The molecule has 21 heavy (non-hydrogen) atoms. The van der Waals surface area contributed by atoms with E-state index in [9.17, 15) is 4.79 Å². The quantitative estimate of drug-likeness (QED) is 0.761. The third kappa shape index (κ3) is 2.17. The van der Waals surface area contributed by atoms with E-state index in [-0.39, 0.29) is 12.5 Å². The Kier molecular flexibility index (Phi) is 2.71. The van der Waals surface area contributed by atoms with Gasteiger partial charge < -0.3 is 15.4 Å². The molecule has 4 rings (SSSR count). The zero-order chi connectivity index (χ0) is 14.2. The number of nitrogens with one attached hydrogen (secondary N) is 2. The van der Waals surface area contributed by atoms with E-state index in [1.54, 1.807) is 11.3 Å². The lowest BCUT2D eigenvalue weighted by Crippen LogP contribution is -2.25. The molecule has 0 radical (unpaired) electrons. The minimum absolute atomic E-state index is 0.0568. The van der Waals surface area contributed by atoms with E-state index in [0.29, 0.717) is 11.4 Å². The van der Waals surface area contributed by atoms with E-state index in [4.69, 9.17) is 4.74 Å². The van der Waals surface area contributed by atoms with Crippen LogP contribution in [0.25, 0.3) is 10.2 Å². The lowest BCUT2D eigenvalue weighted by atomic mass is 10.2. The first kappa shape index (κ1) is 12.1. The molecular weight excluding hydrogens is 288 g/mol. The van der Waals surface area contributed by atoms with Crippen molar-refractivity contribution in [3.05, 3.63) is 36.0 Å². The molecule has 0 spiro atoms. The number of anilines is 3. The van der Waals surface area contributed by atoms with Crippen molar-refractivity contribution in [2.75, 3.05) is 17.2 Å². The van der Waals surface area contributed by atoms with E-state index in [2.05, 4.69) is 20.6 Å². The van der Waals surface area contributed by atoms with Gasteiger partial charge in [0.1, 0.15) is 22.7 Å². The number of carbonyl (C=O) groups excluding carboxylic acids is 1. The summed E-state index contributed by atoms with van der Waals surface area (Å²) in [5.41, 5.74) is 1.48. The molecule has 1 amide bonds. The lowest BCUT2D eigenvalue weighted by molar-refractivity contribution is -0.118. The van der Waals surface area contributed by atoms with Crippen molar-refractivity contribution in [3.8, 4) is 5.75 Å². The molecule has 0 saturated carbocycles. The van der Waals surface area contributed by atoms with Gasteiger partial charge in [-0.15, -0.1) is 11.3 Å². The molecule has 2 N–H and O–H groups in total. The fourth-order valence-corrected chi connectivity index (χ4v) is 2.92. The first-order valence-corrected chi connectivity index (χ1v) is 7.19. The van der Waals surface area contributed by atoms with E-state index in [0.717, 1.165) is 21.7 Å². The van der Waals surface area contributed by atoms with Gasteiger partial charge in [0.15, 0.2) is 6.61 Å². The van der Waals surface area contributed by atoms with E-state index >= 15 is 0 Å². The topological polar surface area (TPSA) is 76.1 Å². The molecule has 0 atom stereocenters. The van der Waals surface area contributed by atoms with Gasteiger partial charge in [-0.25, -0.2) is 9.97 Å². The first-order chi connectivity index (χ1) is 10.3. The summed E-state index contributed by atoms with van der Waals surface area (Å²) in [5, 5.41) is 8.98. The van der Waals surface area contributed by atoms with Crippen molar-refractivity contribution in [2.24, 2.45) is 0 Å². The van der Waals surface area contributed by atoms with Gasteiger partial charge in [0.05, 0.1) is 11.1 Å². The molecule has 0 bridgehead atoms. The number of amides is 1. The molecule has 0 aliphatic carbocycles. The Hall–Kier alpha value is -2.67. The number of thiophene rings is 1. The van der Waals surface area contributed by atoms with Gasteiger partial charge in [-0.2, -0.15) is 0 Å². The highest BCUT2D eigenvalue weighted by Gasteiger charge is 2.16. The molecule has 6 nitrogen and oxygen atoms in total. The molecule has 2 aromatic heterocycles. The minimum Gasteiger partial charge on any atom is -0.482 e. The highest BCUT2D eigenvalue weighted by molar-refractivity contribution is 7.16. The fraction of sp³-hybridized carbons (Fsp3) is 0.0714. The Morgan fingerprint density at radius 3 is 3.19 bits per heavy atom. The maximum atomic E-state index is 11.4. The van der Waals surface area contributed by atoms with Gasteiger partial charge in [-0.3, -0.25) is 4.79 Å². The van der Waals surface area contributed by atoms with Crippen LogP contribution in [0, 0.1) is 0 Å². The van der Waals surface area contributed by atoms with Gasteiger partial charge in [0.2, 0.25) is 0 Å². The van der Waals surface area contributed by atoms with Crippen molar-refractivity contribution in [3.63, 3.8) is 0 Å². The van der Waals surface area contributed by atoms with Crippen molar-refractivity contribution >= 4 is 44.7 Å². The molecule has 3 aromatic rings. The van der Waals surface area contributed by atoms with Crippen LogP contribution in [0.15, 0.2) is 36.0 Å². The number of fused-ring (bicyclic) bond motifs is 2. The Balaban J connectivity index is 1.70. The average Bonchev–Trinajstić information content (AvgIpc) is 2.96. The van der Waals surface area contributed by atoms with Crippen LogP contribution in [0.4, 0.5) is 17.2 Å². The third-order valence-corrected chi connectivity index (χ3v) is 3.96. The maximum absolute atomic E-state index is 11.4. The Morgan fingerprint density at radius 2 is 2.24 bits per heavy atom. The molecule has 7 heteroatoms. The molecule has 1 aliphatic heterocycles. The molecule has 104 valence electrons. The summed E-state index contributed by atoms with van der Waals surface area (Å²) in [4.78, 5) is 20.8. The van der Waals surface area contributed by atoms with Gasteiger partial charge in [0, 0.05) is 5.69 Å². The van der Waals surface area contributed by atoms with Crippen LogP contribution in [0.1, 0.15) is 0 Å². The van der Waals surface area contributed by atoms with Crippen LogP contribution in [-0.4, -0.2) is 22.5 Å². The maximum Gasteiger partial charge on any atom is 0.262 e. The zero-order valence-corrected chi connectivity index (χ0v) is 11.6. The third-order valence-electron chi connectivity index (χ3n) is 3.14. The molecule has 0 unspecified atom stereocenters. The van der Waals surface area contributed by atoms with Crippen LogP contribution >= 0.6 is 11.3 Å². The molecule has 3 heterocycles. The summed E-state index contributed by atoms with van der Waals surface area (Å²) >= 11 is 1.57. The van der Waals surface area contributed by atoms with E-state index in [1.165, 1.54) is 6.33 Å². The SMILES string of the molecule is O=C1COc2ccc(Nc3ncnc4sccc34)cc2N1. The standard InChI is InChI=1S/C14H10N4O2S/c19-12-6-20-11-2-1-8(5-10(11)18-12)17-13-9-3-4-21-14(9)16-7-15-13/h1-5,7H,6H2,(H,18,19)(H,15,16,17). The summed E-state index contributed by atoms with van der Waals surface area (Å²) in [7, 11) is 0. The molecule has 1 aliphatic rings. The second-order valence-electron chi connectivity index (χ2n) is 4.53. The summed E-state index contributed by atoms with van der Waals surface area (Å²) < 4.78 is 5.33. The van der Waals surface area contributed by atoms with Crippen LogP contribution < -0.4 is 15.4 Å². The number of aromatic nitrogens is 2. The number of benzene rings is 1. The second-order valence-corrected chi connectivity index (χ2v) is 5.43. The second kappa shape index (κ2) is 4.71. The summed E-state index contributed by atoms with van der Waals surface area (Å²) in [6.45, 7) is 0.0568. The predicted octanol–water partition coefficient (Wildman–Crippen LogP) is 2.77. The van der Waals surface area contributed by atoms with Gasteiger partial charge in [-0.05, 0) is 29.6 Å². The number of hydrogen-bond donors (Lipinski definition) is 2. The summed E-state index contributed by atoms with van der Waals surface area (Å²) in [6.07, 6.45) is 1.53. The van der Waals surface area contributed by atoms with Crippen LogP contribution in [-0.2, 0) is 4.79 Å². The Morgan fingerprint density at radius 1 is 1.29 bits per heavy atom. The highest BCUT2D eigenvalue weighted by Crippen LogP contribution is 2.32. The average molecular weight is 298 g/mol. The van der Waals surface area contributed by atoms with E-state index < -0.39 is 0 Å². The number of nitrogens with zero attached hydrogens (tertiary/aromatic N) is 2. The lowest BCUT2D eigenvalue weighted by Gasteiger charge is -2.18. The van der Waals surface area contributed by atoms with Crippen molar-refractivity contribution in [2.45, 2.75) is 0 Å². The highest BCUT2D eigenvalue weighted by atomic mass is 32.1. The van der Waals surface area contributed by atoms with E-state index in [1.807, 2.05) is 29.6 Å². The summed E-state index contributed by atoms with van der Waals surface area (Å²) in [6, 6.07) is 7.51. The zero-order valence-electron chi connectivity index (χ0n) is 10.8. The van der Waals surface area contributed by atoms with Crippen LogP contribution in [0.2, 0.25) is 0 Å². The number of hydrogen-bond acceptors (Lipinski definition) is 6. The predicted molar refractivity (Wildman–Crippen MR) is 81.3 cm³/mol. The van der Waals surface area contributed by atoms with Crippen LogP contribution in [0.5, 0.6) is 5.75 Å². The van der Waals surface area contributed by atoms with Crippen molar-refractivity contribution in [1.82, 2.24) is 9.97 Å². The largest absolute Gasteiger partial charge is 0.482 e.